The second-order valence-electron chi connectivity index (χ2n) is 6.70. The van der Waals surface area contributed by atoms with Gasteiger partial charge in [0.25, 0.3) is 5.91 Å². The molecule has 5 heteroatoms. The van der Waals surface area contributed by atoms with Crippen molar-refractivity contribution < 1.29 is 14.3 Å². The number of ether oxygens (including phenoxy) is 1. The summed E-state index contributed by atoms with van der Waals surface area (Å²) in [4.78, 5) is 24.7. The van der Waals surface area contributed by atoms with Crippen molar-refractivity contribution in [2.24, 2.45) is 0 Å². The van der Waals surface area contributed by atoms with Crippen LogP contribution in [-0.4, -0.2) is 25.5 Å². The lowest BCUT2D eigenvalue weighted by molar-refractivity contribution is -0.115. The van der Waals surface area contributed by atoms with Crippen LogP contribution in [0.15, 0.2) is 66.3 Å². The Balaban J connectivity index is 1.62. The standard InChI is InChI=1S/C23H24N2O3/c1-15-16(2)22(20-14-18(28-3)11-12-19(15)20)23(27)24-13-7-10-21(26)25-17-8-5-4-6-9-17/h4-12,14-15H,13H2,1-3H3,(H,24,27)(H,25,26)/b10-7+. The summed E-state index contributed by atoms with van der Waals surface area (Å²) in [6.07, 6.45) is 3.06. The van der Waals surface area contributed by atoms with E-state index in [1.165, 1.54) is 6.08 Å². The van der Waals surface area contributed by atoms with E-state index in [0.717, 1.165) is 28.1 Å². The summed E-state index contributed by atoms with van der Waals surface area (Å²) in [5, 5.41) is 5.63. The largest absolute Gasteiger partial charge is 0.497 e. The summed E-state index contributed by atoms with van der Waals surface area (Å²) in [6, 6.07) is 15.0. The number of carbonyl (C=O) groups excluding carboxylic acids is 2. The average molecular weight is 376 g/mol. The summed E-state index contributed by atoms with van der Waals surface area (Å²) in [7, 11) is 1.61. The van der Waals surface area contributed by atoms with Gasteiger partial charge < -0.3 is 15.4 Å². The maximum absolute atomic E-state index is 12.8. The van der Waals surface area contributed by atoms with Crippen LogP contribution in [0.4, 0.5) is 5.69 Å². The third-order valence-corrected chi connectivity index (χ3v) is 4.96. The Morgan fingerprint density at radius 2 is 1.89 bits per heavy atom. The van der Waals surface area contributed by atoms with Crippen LogP contribution in [0.3, 0.4) is 0 Å². The molecule has 2 aromatic rings. The van der Waals surface area contributed by atoms with E-state index in [4.69, 9.17) is 4.74 Å². The Hall–Kier alpha value is -3.34. The molecule has 2 amide bonds. The van der Waals surface area contributed by atoms with E-state index in [2.05, 4.69) is 17.6 Å². The van der Waals surface area contributed by atoms with Crippen LogP contribution in [0.1, 0.15) is 30.9 Å². The highest BCUT2D eigenvalue weighted by Crippen LogP contribution is 2.42. The van der Waals surface area contributed by atoms with Crippen LogP contribution in [-0.2, 0) is 9.59 Å². The lowest BCUT2D eigenvalue weighted by atomic mass is 9.99. The maximum atomic E-state index is 12.8. The highest BCUT2D eigenvalue weighted by Gasteiger charge is 2.29. The molecule has 1 aliphatic carbocycles. The Kier molecular flexibility index (Phi) is 5.94. The van der Waals surface area contributed by atoms with Crippen molar-refractivity contribution in [1.29, 1.82) is 0 Å². The molecule has 0 bridgehead atoms. The third kappa shape index (κ3) is 4.14. The van der Waals surface area contributed by atoms with Crippen LogP contribution in [0.25, 0.3) is 5.57 Å². The highest BCUT2D eigenvalue weighted by atomic mass is 16.5. The molecule has 0 spiro atoms. The molecule has 144 valence electrons. The molecule has 0 saturated heterocycles. The van der Waals surface area contributed by atoms with Gasteiger partial charge in [0.2, 0.25) is 5.91 Å². The molecular formula is C23H24N2O3. The van der Waals surface area contributed by atoms with Gasteiger partial charge in [-0.05, 0) is 42.3 Å². The number of rotatable bonds is 6. The molecule has 5 nitrogen and oxygen atoms in total. The van der Waals surface area contributed by atoms with Gasteiger partial charge >= 0.3 is 0 Å². The normalized spacial score (nSPS) is 15.5. The quantitative estimate of drug-likeness (QED) is 0.752. The molecule has 0 radical (unpaired) electrons. The summed E-state index contributed by atoms with van der Waals surface area (Å²) in [5.41, 5.74) is 4.48. The molecule has 0 saturated carbocycles. The first-order valence-electron chi connectivity index (χ1n) is 9.21. The number of hydrogen-bond donors (Lipinski definition) is 2. The summed E-state index contributed by atoms with van der Waals surface area (Å²) in [5.74, 6) is 0.530. The number of hydrogen-bond acceptors (Lipinski definition) is 3. The summed E-state index contributed by atoms with van der Waals surface area (Å²) in [6.45, 7) is 4.34. The first-order chi connectivity index (χ1) is 13.5. The predicted molar refractivity (Wildman–Crippen MR) is 111 cm³/mol. The van der Waals surface area contributed by atoms with Gasteiger partial charge in [0, 0.05) is 29.8 Å². The first-order valence-corrected chi connectivity index (χ1v) is 9.21. The van der Waals surface area contributed by atoms with Gasteiger partial charge in [0.15, 0.2) is 0 Å². The topological polar surface area (TPSA) is 67.4 Å². The van der Waals surface area contributed by atoms with E-state index in [-0.39, 0.29) is 24.3 Å². The van der Waals surface area contributed by atoms with Gasteiger partial charge in [0.05, 0.1) is 7.11 Å². The highest BCUT2D eigenvalue weighted by molar-refractivity contribution is 6.22. The summed E-state index contributed by atoms with van der Waals surface area (Å²) >= 11 is 0. The monoisotopic (exact) mass is 376 g/mol. The third-order valence-electron chi connectivity index (χ3n) is 4.96. The first kappa shape index (κ1) is 19.4. The number of para-hydroxylation sites is 1. The van der Waals surface area contributed by atoms with Crippen molar-refractivity contribution in [2.45, 2.75) is 19.8 Å². The summed E-state index contributed by atoms with van der Waals surface area (Å²) < 4.78 is 5.30. The van der Waals surface area contributed by atoms with E-state index in [9.17, 15) is 9.59 Å². The minimum atomic E-state index is -0.236. The number of amides is 2. The van der Waals surface area contributed by atoms with Crippen molar-refractivity contribution in [3.8, 4) is 5.75 Å². The fourth-order valence-corrected chi connectivity index (χ4v) is 3.33. The predicted octanol–water partition coefficient (Wildman–Crippen LogP) is 3.90. The zero-order valence-corrected chi connectivity index (χ0v) is 16.3. The Morgan fingerprint density at radius 3 is 2.61 bits per heavy atom. The van der Waals surface area contributed by atoms with Crippen molar-refractivity contribution in [3.63, 3.8) is 0 Å². The van der Waals surface area contributed by atoms with Gasteiger partial charge in [-0.15, -0.1) is 0 Å². The molecule has 1 aliphatic rings. The molecule has 3 rings (SSSR count). The zero-order valence-electron chi connectivity index (χ0n) is 16.3. The fourth-order valence-electron chi connectivity index (χ4n) is 3.33. The van der Waals surface area contributed by atoms with Crippen molar-refractivity contribution in [2.75, 3.05) is 19.0 Å². The minimum absolute atomic E-state index is 0.149. The van der Waals surface area contributed by atoms with Gasteiger partial charge in [-0.25, -0.2) is 0 Å². The van der Waals surface area contributed by atoms with Gasteiger partial charge in [-0.3, -0.25) is 9.59 Å². The average Bonchev–Trinajstić information content (AvgIpc) is 2.95. The second-order valence-corrected chi connectivity index (χ2v) is 6.70. The lowest BCUT2D eigenvalue weighted by Crippen LogP contribution is -2.24. The van der Waals surface area contributed by atoms with E-state index >= 15 is 0 Å². The number of fused-ring (bicyclic) bond motifs is 1. The van der Waals surface area contributed by atoms with Crippen LogP contribution < -0.4 is 15.4 Å². The molecule has 0 heterocycles. The van der Waals surface area contributed by atoms with Crippen molar-refractivity contribution in [3.05, 3.63) is 77.4 Å². The Bertz CT molecular complexity index is 946. The van der Waals surface area contributed by atoms with Crippen molar-refractivity contribution >= 4 is 23.1 Å². The molecule has 0 aliphatic heterocycles. The molecule has 0 aromatic heterocycles. The van der Waals surface area contributed by atoms with Crippen molar-refractivity contribution in [1.82, 2.24) is 5.32 Å². The lowest BCUT2D eigenvalue weighted by Gasteiger charge is -2.09. The molecule has 2 N–H and O–H groups in total. The Labute approximate surface area is 165 Å². The van der Waals surface area contributed by atoms with Gasteiger partial charge in [-0.1, -0.05) is 42.8 Å². The SMILES string of the molecule is COc1ccc2c(c1)C(C(=O)NC/C=C/C(=O)Nc1ccccc1)=C(C)C2C. The van der Waals surface area contributed by atoms with E-state index in [1.54, 1.807) is 13.2 Å². The number of carbonyl (C=O) groups is 2. The number of methoxy groups -OCH3 is 1. The van der Waals surface area contributed by atoms with Crippen LogP contribution in [0.2, 0.25) is 0 Å². The molecule has 0 fully saturated rings. The second kappa shape index (κ2) is 8.57. The zero-order chi connectivity index (χ0) is 20.1. The molecule has 28 heavy (non-hydrogen) atoms. The smallest absolute Gasteiger partial charge is 0.252 e. The number of benzene rings is 2. The van der Waals surface area contributed by atoms with E-state index in [0.29, 0.717) is 5.57 Å². The molecule has 1 unspecified atom stereocenters. The Morgan fingerprint density at radius 1 is 1.14 bits per heavy atom. The minimum Gasteiger partial charge on any atom is -0.497 e. The fraction of sp³-hybridized carbons (Fsp3) is 0.217. The van der Waals surface area contributed by atoms with Gasteiger partial charge in [0.1, 0.15) is 5.75 Å². The number of allylic oxidation sites excluding steroid dienone is 1. The molecule has 1 atom stereocenters. The van der Waals surface area contributed by atoms with Crippen LogP contribution in [0.5, 0.6) is 5.75 Å². The number of nitrogens with one attached hydrogen (secondary N) is 2. The molecular weight excluding hydrogens is 352 g/mol. The van der Waals surface area contributed by atoms with E-state index < -0.39 is 0 Å². The number of anilines is 1. The maximum Gasteiger partial charge on any atom is 0.252 e. The van der Waals surface area contributed by atoms with Gasteiger partial charge in [-0.2, -0.15) is 0 Å². The van der Waals surface area contributed by atoms with Crippen LogP contribution in [0, 0.1) is 0 Å². The molecule has 2 aromatic carbocycles. The van der Waals surface area contributed by atoms with Crippen LogP contribution >= 0.6 is 0 Å². The van der Waals surface area contributed by atoms with E-state index in [1.807, 2.05) is 55.5 Å².